The molecule has 1 aliphatic carbocycles. The first-order chi connectivity index (χ1) is 7.20. The standard InChI is InChI=1S/C11H13NO2S/c12-11(13)9-6-1-2-7-10(9)15(14)8-4-3-5-8/h1-2,6-8H,3-5H2,(H2,12,13). The van der Waals surface area contributed by atoms with Crippen molar-refractivity contribution >= 4 is 16.7 Å². The van der Waals surface area contributed by atoms with Crippen molar-refractivity contribution in [2.24, 2.45) is 5.73 Å². The van der Waals surface area contributed by atoms with E-state index in [1.165, 1.54) is 0 Å². The Bertz CT molecular complexity index is 413. The van der Waals surface area contributed by atoms with Gasteiger partial charge in [-0.2, -0.15) is 0 Å². The van der Waals surface area contributed by atoms with Crippen LogP contribution in [0.15, 0.2) is 29.2 Å². The molecule has 0 bridgehead atoms. The van der Waals surface area contributed by atoms with Crippen molar-refractivity contribution in [2.75, 3.05) is 0 Å². The average Bonchev–Trinajstić information content (AvgIpc) is 2.15. The van der Waals surface area contributed by atoms with Crippen LogP contribution < -0.4 is 5.73 Å². The zero-order chi connectivity index (χ0) is 10.8. The van der Waals surface area contributed by atoms with Crippen molar-refractivity contribution in [1.29, 1.82) is 0 Å². The van der Waals surface area contributed by atoms with Crippen LogP contribution in [0.25, 0.3) is 0 Å². The number of rotatable bonds is 3. The predicted octanol–water partition coefficient (Wildman–Crippen LogP) is 1.45. The Kier molecular flexibility index (Phi) is 2.86. The molecule has 0 aromatic heterocycles. The minimum atomic E-state index is -1.07. The lowest BCUT2D eigenvalue weighted by atomic mass is 10.00. The van der Waals surface area contributed by atoms with E-state index in [1.54, 1.807) is 24.3 Å². The van der Waals surface area contributed by atoms with Crippen LogP contribution in [0, 0.1) is 0 Å². The zero-order valence-electron chi connectivity index (χ0n) is 8.31. The number of benzene rings is 1. The lowest BCUT2D eigenvalue weighted by Gasteiger charge is -2.25. The molecule has 1 aliphatic rings. The molecule has 0 saturated heterocycles. The number of primary amides is 1. The minimum absolute atomic E-state index is 0.213. The Morgan fingerprint density at radius 1 is 1.33 bits per heavy atom. The Morgan fingerprint density at radius 3 is 2.53 bits per heavy atom. The van der Waals surface area contributed by atoms with Crippen LogP contribution in [0.5, 0.6) is 0 Å². The lowest BCUT2D eigenvalue weighted by molar-refractivity contribution is 0.0997. The van der Waals surface area contributed by atoms with E-state index in [9.17, 15) is 9.00 Å². The Hall–Kier alpha value is -1.16. The first-order valence-electron chi connectivity index (χ1n) is 4.99. The average molecular weight is 223 g/mol. The van der Waals surface area contributed by atoms with Crippen LogP contribution in [-0.2, 0) is 10.8 Å². The second kappa shape index (κ2) is 4.14. The smallest absolute Gasteiger partial charge is 0.249 e. The SMILES string of the molecule is NC(=O)c1ccccc1S(=O)C1CCC1. The van der Waals surface area contributed by atoms with Crippen LogP contribution in [0.4, 0.5) is 0 Å². The van der Waals surface area contributed by atoms with Gasteiger partial charge in [0.05, 0.1) is 21.3 Å². The van der Waals surface area contributed by atoms with Crippen molar-refractivity contribution in [1.82, 2.24) is 0 Å². The van der Waals surface area contributed by atoms with Crippen molar-refractivity contribution < 1.29 is 9.00 Å². The van der Waals surface area contributed by atoms with Crippen molar-refractivity contribution in [3.8, 4) is 0 Å². The quantitative estimate of drug-likeness (QED) is 0.843. The van der Waals surface area contributed by atoms with Gasteiger partial charge in [-0.05, 0) is 25.0 Å². The van der Waals surface area contributed by atoms with E-state index in [2.05, 4.69) is 0 Å². The molecule has 4 heteroatoms. The second-order valence-electron chi connectivity index (χ2n) is 3.71. The van der Waals surface area contributed by atoms with Gasteiger partial charge < -0.3 is 5.73 Å². The maximum absolute atomic E-state index is 12.1. The summed E-state index contributed by atoms with van der Waals surface area (Å²) in [5.41, 5.74) is 5.63. The molecule has 2 N–H and O–H groups in total. The Morgan fingerprint density at radius 2 is 2.00 bits per heavy atom. The van der Waals surface area contributed by atoms with E-state index in [0.717, 1.165) is 19.3 Å². The fraction of sp³-hybridized carbons (Fsp3) is 0.364. The van der Waals surface area contributed by atoms with E-state index < -0.39 is 16.7 Å². The summed E-state index contributed by atoms with van der Waals surface area (Å²) in [6.07, 6.45) is 3.11. The maximum atomic E-state index is 12.1. The maximum Gasteiger partial charge on any atom is 0.249 e. The van der Waals surface area contributed by atoms with Crippen LogP contribution in [0.3, 0.4) is 0 Å². The van der Waals surface area contributed by atoms with Crippen LogP contribution in [0.2, 0.25) is 0 Å². The predicted molar refractivity (Wildman–Crippen MR) is 59.0 cm³/mol. The summed E-state index contributed by atoms with van der Waals surface area (Å²) in [7, 11) is -1.07. The molecular formula is C11H13NO2S. The highest BCUT2D eigenvalue weighted by molar-refractivity contribution is 7.85. The van der Waals surface area contributed by atoms with E-state index in [0.29, 0.717) is 10.5 Å². The fourth-order valence-electron chi connectivity index (χ4n) is 1.61. The van der Waals surface area contributed by atoms with Crippen molar-refractivity contribution in [3.05, 3.63) is 29.8 Å². The summed E-state index contributed by atoms with van der Waals surface area (Å²) in [5, 5.41) is 0.213. The molecule has 1 unspecified atom stereocenters. The number of amides is 1. The molecule has 1 saturated carbocycles. The molecule has 2 rings (SSSR count). The van der Waals surface area contributed by atoms with Gasteiger partial charge in [-0.3, -0.25) is 9.00 Å². The summed E-state index contributed by atoms with van der Waals surface area (Å²) >= 11 is 0. The van der Waals surface area contributed by atoms with Crippen molar-refractivity contribution in [2.45, 2.75) is 29.4 Å². The summed E-state index contributed by atoms with van der Waals surface area (Å²) in [6, 6.07) is 6.89. The van der Waals surface area contributed by atoms with Crippen molar-refractivity contribution in [3.63, 3.8) is 0 Å². The molecule has 1 aromatic carbocycles. The topological polar surface area (TPSA) is 60.2 Å². The number of carbonyl (C=O) groups is 1. The zero-order valence-corrected chi connectivity index (χ0v) is 9.13. The summed E-state index contributed by atoms with van der Waals surface area (Å²) < 4.78 is 12.1. The molecule has 3 nitrogen and oxygen atoms in total. The van der Waals surface area contributed by atoms with Crippen LogP contribution in [0.1, 0.15) is 29.6 Å². The third kappa shape index (κ3) is 1.95. The van der Waals surface area contributed by atoms with Crippen LogP contribution >= 0.6 is 0 Å². The number of hydrogen-bond acceptors (Lipinski definition) is 2. The second-order valence-corrected chi connectivity index (χ2v) is 5.41. The molecule has 0 heterocycles. The van der Waals surface area contributed by atoms with Gasteiger partial charge in [-0.15, -0.1) is 0 Å². The molecule has 1 amide bonds. The fourth-order valence-corrected chi connectivity index (χ4v) is 3.33. The first-order valence-corrected chi connectivity index (χ1v) is 6.21. The van der Waals surface area contributed by atoms with Gasteiger partial charge in [0.25, 0.3) is 0 Å². The van der Waals surface area contributed by atoms with Gasteiger partial charge >= 0.3 is 0 Å². The number of nitrogens with two attached hydrogens (primary N) is 1. The summed E-state index contributed by atoms with van der Waals surface area (Å²) in [5.74, 6) is -0.502. The molecule has 0 radical (unpaired) electrons. The third-order valence-electron chi connectivity index (χ3n) is 2.72. The minimum Gasteiger partial charge on any atom is -0.366 e. The Labute approximate surface area is 91.1 Å². The molecule has 15 heavy (non-hydrogen) atoms. The Balaban J connectivity index is 2.33. The monoisotopic (exact) mass is 223 g/mol. The largest absolute Gasteiger partial charge is 0.366 e. The highest BCUT2D eigenvalue weighted by atomic mass is 32.2. The molecule has 1 aromatic rings. The highest BCUT2D eigenvalue weighted by Gasteiger charge is 2.27. The van der Waals surface area contributed by atoms with E-state index in [-0.39, 0.29) is 5.25 Å². The van der Waals surface area contributed by atoms with Gasteiger partial charge in [0.1, 0.15) is 0 Å². The molecular weight excluding hydrogens is 210 g/mol. The molecule has 0 aliphatic heterocycles. The number of hydrogen-bond donors (Lipinski definition) is 1. The normalized spacial score (nSPS) is 18.1. The van der Waals surface area contributed by atoms with Crippen LogP contribution in [-0.4, -0.2) is 15.4 Å². The first kappa shape index (κ1) is 10.4. The van der Waals surface area contributed by atoms with E-state index >= 15 is 0 Å². The third-order valence-corrected chi connectivity index (χ3v) is 4.59. The highest BCUT2D eigenvalue weighted by Crippen LogP contribution is 2.29. The number of carbonyl (C=O) groups excluding carboxylic acids is 1. The summed E-state index contributed by atoms with van der Waals surface area (Å²) in [6.45, 7) is 0. The lowest BCUT2D eigenvalue weighted by Crippen LogP contribution is -2.25. The summed E-state index contributed by atoms with van der Waals surface area (Å²) in [4.78, 5) is 11.7. The molecule has 1 atom stereocenters. The molecule has 0 spiro atoms. The van der Waals surface area contributed by atoms with Gasteiger partial charge in [-0.25, -0.2) is 0 Å². The van der Waals surface area contributed by atoms with Gasteiger partial charge in [-0.1, -0.05) is 18.6 Å². The van der Waals surface area contributed by atoms with Gasteiger partial charge in [0.15, 0.2) is 0 Å². The van der Waals surface area contributed by atoms with E-state index in [1.807, 2.05) is 0 Å². The molecule has 80 valence electrons. The van der Waals surface area contributed by atoms with Gasteiger partial charge in [0, 0.05) is 5.25 Å². The van der Waals surface area contributed by atoms with E-state index in [4.69, 9.17) is 5.73 Å². The molecule has 1 fully saturated rings. The van der Waals surface area contributed by atoms with Gasteiger partial charge in [0.2, 0.25) is 5.91 Å².